The Bertz CT molecular complexity index is 927. The second kappa shape index (κ2) is 8.34. The molecule has 0 bridgehead atoms. The summed E-state index contributed by atoms with van der Waals surface area (Å²) in [4.78, 5) is 16.9. The van der Waals surface area contributed by atoms with Crippen molar-refractivity contribution < 1.29 is 4.79 Å². The van der Waals surface area contributed by atoms with Gasteiger partial charge in [0, 0.05) is 66.9 Å². The number of aromatic nitrogens is 4. The highest BCUT2D eigenvalue weighted by Crippen LogP contribution is 2.26. The molecule has 2 aromatic heterocycles. The van der Waals surface area contributed by atoms with E-state index < -0.39 is 0 Å². The Morgan fingerprint density at radius 3 is 2.39 bits per heavy atom. The van der Waals surface area contributed by atoms with Crippen LogP contribution in [-0.4, -0.2) is 61.4 Å². The molecule has 1 aliphatic rings. The monoisotopic (exact) mass is 418 g/mol. The van der Waals surface area contributed by atoms with Crippen LogP contribution in [0.5, 0.6) is 0 Å². The van der Waals surface area contributed by atoms with Crippen molar-refractivity contribution >= 4 is 29.1 Å². The number of piperazine rings is 1. The van der Waals surface area contributed by atoms with Crippen molar-refractivity contribution in [1.29, 1.82) is 0 Å². The predicted octanol–water partition coefficient (Wildman–Crippen LogP) is 2.85. The number of hydrogen-bond acceptors (Lipinski definition) is 4. The Morgan fingerprint density at radius 2 is 1.71 bits per heavy atom. The zero-order valence-electron chi connectivity index (χ0n) is 15.2. The first-order valence-corrected chi connectivity index (χ1v) is 9.81. The Labute approximate surface area is 173 Å². The first kappa shape index (κ1) is 19.0. The lowest BCUT2D eigenvalue weighted by atomic mass is 10.2. The van der Waals surface area contributed by atoms with Crippen LogP contribution in [0, 0.1) is 0 Å². The second-order valence-corrected chi connectivity index (χ2v) is 7.51. The van der Waals surface area contributed by atoms with Crippen LogP contribution in [0.2, 0.25) is 10.0 Å². The minimum Gasteiger partial charge on any atom is -0.335 e. The highest BCUT2D eigenvalue weighted by Gasteiger charge is 2.24. The van der Waals surface area contributed by atoms with Gasteiger partial charge in [-0.1, -0.05) is 29.3 Å². The summed E-state index contributed by atoms with van der Waals surface area (Å²) in [6, 6.07) is 9.15. The van der Waals surface area contributed by atoms with Gasteiger partial charge in [-0.05, 0) is 24.3 Å². The molecule has 146 valence electrons. The Kier molecular flexibility index (Phi) is 5.66. The quantitative estimate of drug-likeness (QED) is 0.638. The third-order valence-electron chi connectivity index (χ3n) is 4.81. The number of rotatable bonds is 5. The van der Waals surface area contributed by atoms with Crippen molar-refractivity contribution in [2.45, 2.75) is 13.2 Å². The van der Waals surface area contributed by atoms with E-state index in [9.17, 15) is 4.79 Å². The molecule has 0 unspecified atom stereocenters. The molecule has 0 aliphatic carbocycles. The molecule has 1 fully saturated rings. The summed E-state index contributed by atoms with van der Waals surface area (Å²) in [5, 5.41) is 9.88. The normalized spacial score (nSPS) is 15.1. The number of nitrogens with zero attached hydrogens (tertiary/aromatic N) is 6. The fourth-order valence-corrected chi connectivity index (χ4v) is 3.78. The van der Waals surface area contributed by atoms with Crippen LogP contribution >= 0.6 is 23.2 Å². The summed E-state index contributed by atoms with van der Waals surface area (Å²) < 4.78 is 3.45. The maximum absolute atomic E-state index is 12.8. The van der Waals surface area contributed by atoms with E-state index in [1.54, 1.807) is 27.8 Å². The van der Waals surface area contributed by atoms with Crippen LogP contribution in [0.4, 0.5) is 0 Å². The van der Waals surface area contributed by atoms with Gasteiger partial charge in [-0.25, -0.2) is 0 Å². The number of halogens is 2. The Morgan fingerprint density at radius 1 is 0.964 bits per heavy atom. The average Bonchev–Trinajstić information content (AvgIpc) is 3.37. The van der Waals surface area contributed by atoms with Gasteiger partial charge in [0.25, 0.3) is 5.91 Å². The van der Waals surface area contributed by atoms with Crippen molar-refractivity contribution in [1.82, 2.24) is 29.4 Å². The second-order valence-electron chi connectivity index (χ2n) is 6.70. The van der Waals surface area contributed by atoms with Crippen LogP contribution in [-0.2, 0) is 13.2 Å². The fraction of sp³-hybridized carbons (Fsp3) is 0.316. The molecule has 3 heterocycles. The average molecular weight is 419 g/mol. The molecule has 1 aliphatic heterocycles. The lowest BCUT2D eigenvalue weighted by Gasteiger charge is -2.34. The molecular formula is C19H20Cl2N6O. The molecule has 1 amide bonds. The molecule has 4 rings (SSSR count). The van der Waals surface area contributed by atoms with E-state index in [2.05, 4.69) is 15.1 Å². The Hall–Kier alpha value is -2.35. The van der Waals surface area contributed by atoms with Crippen molar-refractivity contribution in [2.24, 2.45) is 0 Å². The molecule has 0 saturated carbocycles. The molecule has 0 radical (unpaired) electrons. The van der Waals surface area contributed by atoms with Gasteiger partial charge in [-0.15, -0.1) is 0 Å². The largest absolute Gasteiger partial charge is 0.335 e. The molecule has 0 spiro atoms. The molecule has 1 aromatic carbocycles. The van der Waals surface area contributed by atoms with Gasteiger partial charge in [-0.2, -0.15) is 10.2 Å². The summed E-state index contributed by atoms with van der Waals surface area (Å²) >= 11 is 12.5. The zero-order chi connectivity index (χ0) is 19.5. The first-order valence-electron chi connectivity index (χ1n) is 9.05. The van der Waals surface area contributed by atoms with Gasteiger partial charge in [0.2, 0.25) is 0 Å². The molecule has 3 aromatic rings. The molecule has 9 heteroatoms. The summed E-state index contributed by atoms with van der Waals surface area (Å²) in [5.41, 5.74) is 1.39. The van der Waals surface area contributed by atoms with Crippen LogP contribution in [0.3, 0.4) is 0 Å². The Balaban J connectivity index is 1.33. The van der Waals surface area contributed by atoms with Gasteiger partial charge < -0.3 is 4.90 Å². The van der Waals surface area contributed by atoms with E-state index >= 15 is 0 Å². The summed E-state index contributed by atoms with van der Waals surface area (Å²) in [7, 11) is 0. The van der Waals surface area contributed by atoms with Gasteiger partial charge in [0.05, 0.1) is 0 Å². The predicted molar refractivity (Wildman–Crippen MR) is 107 cm³/mol. The van der Waals surface area contributed by atoms with Crippen molar-refractivity contribution in [3.63, 3.8) is 0 Å². The maximum Gasteiger partial charge on any atom is 0.274 e. The molecule has 28 heavy (non-hydrogen) atoms. The zero-order valence-corrected chi connectivity index (χ0v) is 16.7. The number of carbonyl (C=O) groups excluding carboxylic acids is 1. The van der Waals surface area contributed by atoms with E-state index in [-0.39, 0.29) is 5.91 Å². The minimum absolute atomic E-state index is 0.0466. The van der Waals surface area contributed by atoms with E-state index in [0.29, 0.717) is 42.0 Å². The minimum atomic E-state index is -0.0466. The van der Waals surface area contributed by atoms with Gasteiger partial charge in [0.15, 0.2) is 0 Å². The SMILES string of the molecule is O=C(c1ccn(Cn2cccn2)n1)N1CCN(Cc2c(Cl)cccc2Cl)CC1. The number of benzene rings is 1. The van der Waals surface area contributed by atoms with E-state index in [1.807, 2.05) is 35.4 Å². The van der Waals surface area contributed by atoms with Crippen LogP contribution in [0.25, 0.3) is 0 Å². The lowest BCUT2D eigenvalue weighted by Crippen LogP contribution is -2.48. The molecule has 0 N–H and O–H groups in total. The number of carbonyl (C=O) groups is 1. The molecule has 7 nitrogen and oxygen atoms in total. The molecular weight excluding hydrogens is 399 g/mol. The smallest absolute Gasteiger partial charge is 0.274 e. The first-order chi connectivity index (χ1) is 13.6. The highest BCUT2D eigenvalue weighted by molar-refractivity contribution is 6.35. The third-order valence-corrected chi connectivity index (χ3v) is 5.52. The molecule has 1 saturated heterocycles. The highest BCUT2D eigenvalue weighted by atomic mass is 35.5. The number of amides is 1. The number of hydrogen-bond donors (Lipinski definition) is 0. The summed E-state index contributed by atoms with van der Waals surface area (Å²) in [5.74, 6) is -0.0466. The van der Waals surface area contributed by atoms with Crippen LogP contribution < -0.4 is 0 Å². The lowest BCUT2D eigenvalue weighted by molar-refractivity contribution is 0.0621. The van der Waals surface area contributed by atoms with E-state index in [4.69, 9.17) is 23.2 Å². The fourth-order valence-electron chi connectivity index (χ4n) is 3.27. The van der Waals surface area contributed by atoms with Crippen molar-refractivity contribution in [3.8, 4) is 0 Å². The van der Waals surface area contributed by atoms with Crippen molar-refractivity contribution in [3.05, 3.63) is 70.2 Å². The van der Waals surface area contributed by atoms with Gasteiger partial charge in [-0.3, -0.25) is 19.1 Å². The van der Waals surface area contributed by atoms with E-state index in [1.165, 1.54) is 0 Å². The summed E-state index contributed by atoms with van der Waals surface area (Å²) in [6.07, 6.45) is 5.36. The molecule has 0 atom stereocenters. The summed E-state index contributed by atoms with van der Waals surface area (Å²) in [6.45, 7) is 3.98. The van der Waals surface area contributed by atoms with Crippen LogP contribution in [0.1, 0.15) is 16.1 Å². The van der Waals surface area contributed by atoms with Gasteiger partial charge in [0.1, 0.15) is 12.4 Å². The standard InChI is InChI=1S/C19H20Cl2N6O/c20-16-3-1-4-17(21)15(16)13-24-9-11-25(12-10-24)19(28)18-5-8-27(23-18)14-26-7-2-6-22-26/h1-8H,9-14H2. The van der Waals surface area contributed by atoms with Gasteiger partial charge >= 0.3 is 0 Å². The van der Waals surface area contributed by atoms with Crippen molar-refractivity contribution in [2.75, 3.05) is 26.2 Å². The topological polar surface area (TPSA) is 59.2 Å². The van der Waals surface area contributed by atoms with E-state index in [0.717, 1.165) is 18.7 Å². The third kappa shape index (κ3) is 4.22. The van der Waals surface area contributed by atoms with Crippen LogP contribution in [0.15, 0.2) is 48.9 Å². The maximum atomic E-state index is 12.8.